The summed E-state index contributed by atoms with van der Waals surface area (Å²) in [5.74, 6) is -0.671. The fourth-order valence-corrected chi connectivity index (χ4v) is 2.60. The Kier molecular flexibility index (Phi) is 5.21. The molecule has 0 aromatic heterocycles. The van der Waals surface area contributed by atoms with Crippen LogP contribution in [0.1, 0.15) is 28.4 Å². The number of rotatable bonds is 6. The van der Waals surface area contributed by atoms with Crippen LogP contribution >= 0.6 is 0 Å². The number of hydrogen-bond donors (Lipinski definition) is 2. The lowest BCUT2D eigenvalue weighted by Gasteiger charge is -2.07. The molecule has 1 saturated heterocycles. The van der Waals surface area contributed by atoms with Gasteiger partial charge in [-0.25, -0.2) is 9.59 Å². The number of aromatic carboxylic acids is 1. The van der Waals surface area contributed by atoms with Crippen LogP contribution in [0.2, 0.25) is 0 Å². The third-order valence-corrected chi connectivity index (χ3v) is 4.08. The van der Waals surface area contributed by atoms with Gasteiger partial charge in [-0.1, -0.05) is 24.3 Å². The number of carbonyl (C=O) groups excluding carboxylic acids is 2. The van der Waals surface area contributed by atoms with Gasteiger partial charge in [-0.3, -0.25) is 9.69 Å². The summed E-state index contributed by atoms with van der Waals surface area (Å²) in [4.78, 5) is 35.7. The van der Waals surface area contributed by atoms with E-state index in [4.69, 9.17) is 9.84 Å². The first kappa shape index (κ1) is 18.2. The fourth-order valence-electron chi connectivity index (χ4n) is 2.60. The Morgan fingerprint density at radius 2 is 1.78 bits per heavy atom. The summed E-state index contributed by atoms with van der Waals surface area (Å²) >= 11 is 0. The van der Waals surface area contributed by atoms with Crippen molar-refractivity contribution in [3.05, 3.63) is 70.9 Å². The van der Waals surface area contributed by atoms with Crippen LogP contribution in [-0.2, 0) is 11.4 Å². The average Bonchev–Trinajstić information content (AvgIpc) is 2.94. The smallest absolute Gasteiger partial charge is 0.335 e. The first-order valence-corrected chi connectivity index (χ1v) is 8.37. The molecule has 0 spiro atoms. The Morgan fingerprint density at radius 1 is 1.11 bits per heavy atom. The molecule has 2 aromatic rings. The number of nitrogens with zero attached hydrogens (tertiary/aromatic N) is 1. The van der Waals surface area contributed by atoms with Crippen LogP contribution in [0.4, 0.5) is 4.79 Å². The summed E-state index contributed by atoms with van der Waals surface area (Å²) < 4.78 is 5.68. The highest BCUT2D eigenvalue weighted by Crippen LogP contribution is 2.18. The molecule has 0 aliphatic carbocycles. The average molecular weight is 366 g/mol. The van der Waals surface area contributed by atoms with Gasteiger partial charge in [0.1, 0.15) is 18.1 Å². The Bertz CT molecular complexity index is 901. The summed E-state index contributed by atoms with van der Waals surface area (Å²) in [7, 11) is 0. The van der Waals surface area contributed by atoms with E-state index in [0.29, 0.717) is 18.9 Å². The maximum Gasteiger partial charge on any atom is 0.335 e. The lowest BCUT2D eigenvalue weighted by Crippen LogP contribution is -2.30. The number of likely N-dealkylation sites (N-methyl/N-ethyl adjacent to an activating group) is 1. The van der Waals surface area contributed by atoms with Crippen molar-refractivity contribution in [2.45, 2.75) is 13.5 Å². The van der Waals surface area contributed by atoms with Crippen molar-refractivity contribution in [3.8, 4) is 5.75 Å². The molecule has 1 aliphatic heterocycles. The number of carboxylic acids is 1. The normalized spacial score (nSPS) is 15.1. The van der Waals surface area contributed by atoms with E-state index in [1.807, 2.05) is 0 Å². The number of urea groups is 1. The zero-order valence-corrected chi connectivity index (χ0v) is 14.6. The SMILES string of the molecule is CCN1C(=O)NC(=Cc2ccc(OCc3ccc(C(=O)O)cc3)cc2)C1=O. The summed E-state index contributed by atoms with van der Waals surface area (Å²) in [5.41, 5.74) is 2.08. The second kappa shape index (κ2) is 7.74. The molecule has 0 bridgehead atoms. The van der Waals surface area contributed by atoms with E-state index >= 15 is 0 Å². The van der Waals surface area contributed by atoms with Gasteiger partial charge in [0.25, 0.3) is 5.91 Å². The van der Waals surface area contributed by atoms with Gasteiger partial charge in [-0.15, -0.1) is 0 Å². The minimum absolute atomic E-state index is 0.228. The van der Waals surface area contributed by atoms with Crippen molar-refractivity contribution in [1.29, 1.82) is 0 Å². The topological polar surface area (TPSA) is 95.9 Å². The van der Waals surface area contributed by atoms with Gasteiger partial charge in [0, 0.05) is 6.54 Å². The van der Waals surface area contributed by atoms with Crippen LogP contribution in [0.15, 0.2) is 54.2 Å². The molecule has 2 N–H and O–H groups in total. The number of benzene rings is 2. The van der Waals surface area contributed by atoms with Gasteiger partial charge in [-0.2, -0.15) is 0 Å². The van der Waals surface area contributed by atoms with Crippen LogP contribution in [0.3, 0.4) is 0 Å². The van der Waals surface area contributed by atoms with E-state index in [0.717, 1.165) is 16.0 Å². The predicted molar refractivity (Wildman–Crippen MR) is 98.1 cm³/mol. The minimum Gasteiger partial charge on any atom is -0.489 e. The highest BCUT2D eigenvalue weighted by Gasteiger charge is 2.31. The van der Waals surface area contributed by atoms with Crippen LogP contribution in [0.25, 0.3) is 6.08 Å². The molecule has 2 aromatic carbocycles. The van der Waals surface area contributed by atoms with Crippen molar-refractivity contribution < 1.29 is 24.2 Å². The molecule has 3 rings (SSSR count). The largest absolute Gasteiger partial charge is 0.489 e. The Labute approximate surface area is 155 Å². The molecular weight excluding hydrogens is 348 g/mol. The molecule has 0 unspecified atom stereocenters. The van der Waals surface area contributed by atoms with E-state index in [2.05, 4.69) is 5.32 Å². The van der Waals surface area contributed by atoms with Crippen LogP contribution < -0.4 is 10.1 Å². The number of nitrogens with one attached hydrogen (secondary N) is 1. The van der Waals surface area contributed by atoms with Crippen molar-refractivity contribution in [1.82, 2.24) is 10.2 Å². The molecule has 1 aliphatic rings. The number of imide groups is 1. The molecule has 3 amide bonds. The highest BCUT2D eigenvalue weighted by molar-refractivity contribution is 6.13. The van der Waals surface area contributed by atoms with Gasteiger partial charge in [0.15, 0.2) is 0 Å². The molecule has 1 fully saturated rings. The summed E-state index contributed by atoms with van der Waals surface area (Å²) in [6.07, 6.45) is 1.62. The predicted octanol–water partition coefficient (Wildman–Crippen LogP) is 2.88. The van der Waals surface area contributed by atoms with Gasteiger partial charge < -0.3 is 15.2 Å². The summed E-state index contributed by atoms with van der Waals surface area (Å²) in [6, 6.07) is 13.1. The van der Waals surface area contributed by atoms with E-state index in [9.17, 15) is 14.4 Å². The van der Waals surface area contributed by atoms with E-state index < -0.39 is 12.0 Å². The molecular formula is C20H18N2O5. The quantitative estimate of drug-likeness (QED) is 0.605. The third kappa shape index (κ3) is 4.14. The molecule has 7 heteroatoms. The van der Waals surface area contributed by atoms with Crippen molar-refractivity contribution >= 4 is 24.0 Å². The second-order valence-corrected chi connectivity index (χ2v) is 5.90. The second-order valence-electron chi connectivity index (χ2n) is 5.90. The van der Waals surface area contributed by atoms with Gasteiger partial charge in [0.2, 0.25) is 0 Å². The molecule has 0 atom stereocenters. The van der Waals surface area contributed by atoms with Crippen LogP contribution in [-0.4, -0.2) is 34.5 Å². The Morgan fingerprint density at radius 3 is 2.33 bits per heavy atom. The number of amides is 3. The monoisotopic (exact) mass is 366 g/mol. The first-order chi connectivity index (χ1) is 13.0. The number of carbonyl (C=O) groups is 3. The van der Waals surface area contributed by atoms with Crippen molar-refractivity contribution in [3.63, 3.8) is 0 Å². The highest BCUT2D eigenvalue weighted by atomic mass is 16.5. The number of carboxylic acid groups (broad SMARTS) is 1. The summed E-state index contributed by atoms with van der Waals surface area (Å²) in [6.45, 7) is 2.37. The Balaban J connectivity index is 1.62. The molecule has 0 radical (unpaired) electrons. The summed E-state index contributed by atoms with van der Waals surface area (Å²) in [5, 5.41) is 11.4. The lowest BCUT2D eigenvalue weighted by atomic mass is 10.1. The minimum atomic E-state index is -0.967. The molecule has 1 heterocycles. The number of ether oxygens (including phenoxy) is 1. The maximum atomic E-state index is 12.1. The van der Waals surface area contributed by atoms with Gasteiger partial charge in [0.05, 0.1) is 5.56 Å². The zero-order chi connectivity index (χ0) is 19.4. The van der Waals surface area contributed by atoms with Crippen molar-refractivity contribution in [2.24, 2.45) is 0 Å². The van der Waals surface area contributed by atoms with Gasteiger partial charge >= 0.3 is 12.0 Å². The molecule has 138 valence electrons. The van der Waals surface area contributed by atoms with Gasteiger partial charge in [-0.05, 0) is 48.4 Å². The molecule has 0 saturated carbocycles. The van der Waals surface area contributed by atoms with E-state index in [-0.39, 0.29) is 17.2 Å². The zero-order valence-electron chi connectivity index (χ0n) is 14.6. The van der Waals surface area contributed by atoms with E-state index in [1.165, 1.54) is 12.1 Å². The third-order valence-electron chi connectivity index (χ3n) is 4.08. The first-order valence-electron chi connectivity index (χ1n) is 8.37. The lowest BCUT2D eigenvalue weighted by molar-refractivity contribution is -0.122. The molecule has 27 heavy (non-hydrogen) atoms. The number of hydrogen-bond acceptors (Lipinski definition) is 4. The molecule has 7 nitrogen and oxygen atoms in total. The fraction of sp³-hybridized carbons (Fsp3) is 0.150. The maximum absolute atomic E-state index is 12.1. The van der Waals surface area contributed by atoms with Crippen LogP contribution in [0, 0.1) is 0 Å². The van der Waals surface area contributed by atoms with Crippen LogP contribution in [0.5, 0.6) is 5.75 Å². The van der Waals surface area contributed by atoms with E-state index in [1.54, 1.807) is 49.4 Å². The Hall–Kier alpha value is -3.61. The van der Waals surface area contributed by atoms with Crippen molar-refractivity contribution in [2.75, 3.05) is 6.54 Å². The standard InChI is InChI=1S/C20H18N2O5/c1-2-22-18(23)17(21-20(22)26)11-13-5-9-16(10-6-13)27-12-14-3-7-15(8-4-14)19(24)25/h3-11H,2,12H2,1H3,(H,21,26)(H,24,25).